The molecule has 5 nitrogen and oxygen atoms in total. The predicted octanol–water partition coefficient (Wildman–Crippen LogP) is 1.72. The van der Waals surface area contributed by atoms with Crippen molar-refractivity contribution in [3.8, 4) is 0 Å². The lowest BCUT2D eigenvalue weighted by atomic mass is 9.93. The second kappa shape index (κ2) is 5.00. The zero-order valence-corrected chi connectivity index (χ0v) is 12.1. The normalized spacial score (nSPS) is 18.0. The van der Waals surface area contributed by atoms with E-state index in [0.29, 0.717) is 29.9 Å². The first-order valence-electron chi connectivity index (χ1n) is 7.06. The molecule has 0 aliphatic carbocycles. The fourth-order valence-corrected chi connectivity index (χ4v) is 2.81. The van der Waals surface area contributed by atoms with E-state index in [1.165, 1.54) is 0 Å². The number of aromatic nitrogens is 1. The Morgan fingerprint density at radius 2 is 2.14 bits per heavy atom. The molecule has 1 unspecified atom stereocenters. The lowest BCUT2D eigenvalue weighted by Gasteiger charge is -2.28. The Kier molecular flexibility index (Phi) is 3.29. The predicted molar refractivity (Wildman–Crippen MR) is 80.2 cm³/mol. The van der Waals surface area contributed by atoms with Gasteiger partial charge in [0.05, 0.1) is 12.7 Å². The topological polar surface area (TPSA) is 85.2 Å². The highest BCUT2D eigenvalue weighted by Gasteiger charge is 2.24. The number of nitrogens with two attached hydrogens (primary N) is 1. The zero-order valence-electron chi connectivity index (χ0n) is 12.1. The highest BCUT2D eigenvalue weighted by Crippen LogP contribution is 2.28. The van der Waals surface area contributed by atoms with Crippen molar-refractivity contribution in [1.29, 1.82) is 0 Å². The molecular weight excluding hydrogens is 268 g/mol. The third kappa shape index (κ3) is 2.34. The summed E-state index contributed by atoms with van der Waals surface area (Å²) >= 11 is 0. The van der Waals surface area contributed by atoms with Crippen molar-refractivity contribution in [2.75, 3.05) is 0 Å². The Morgan fingerprint density at radius 3 is 2.81 bits per heavy atom. The standard InChI is InChI=1S/C16H18N2O3/c1-8(2)14-6-13-12(7-21-14)11-5-9(15(17)19)3-4-10(11)16(20)18-13/h3-5,8,14H,6-7H2,1-2H3,(H2,17,19)(H,18,20). The summed E-state index contributed by atoms with van der Waals surface area (Å²) in [5.41, 5.74) is 7.44. The minimum absolute atomic E-state index is 0.102. The first kappa shape index (κ1) is 13.8. The van der Waals surface area contributed by atoms with E-state index in [1.54, 1.807) is 18.2 Å². The number of primary amides is 1. The Labute approximate surface area is 122 Å². The molecule has 1 aromatic carbocycles. The highest BCUT2D eigenvalue weighted by atomic mass is 16.5. The van der Waals surface area contributed by atoms with Crippen LogP contribution in [0.25, 0.3) is 10.8 Å². The maximum Gasteiger partial charge on any atom is 0.256 e. The van der Waals surface area contributed by atoms with Crippen LogP contribution >= 0.6 is 0 Å². The van der Waals surface area contributed by atoms with Gasteiger partial charge in [-0.15, -0.1) is 0 Å². The van der Waals surface area contributed by atoms with Crippen LogP contribution in [0.2, 0.25) is 0 Å². The molecule has 0 saturated heterocycles. The van der Waals surface area contributed by atoms with Gasteiger partial charge in [-0.05, 0) is 29.5 Å². The Bertz CT molecular complexity index is 777. The maximum atomic E-state index is 12.2. The highest BCUT2D eigenvalue weighted by molar-refractivity contribution is 5.98. The van der Waals surface area contributed by atoms with Crippen molar-refractivity contribution in [1.82, 2.24) is 4.98 Å². The molecule has 1 amide bonds. The summed E-state index contributed by atoms with van der Waals surface area (Å²) < 4.78 is 5.88. The quantitative estimate of drug-likeness (QED) is 0.881. The van der Waals surface area contributed by atoms with E-state index in [4.69, 9.17) is 10.5 Å². The molecule has 3 N–H and O–H groups in total. The van der Waals surface area contributed by atoms with Crippen molar-refractivity contribution < 1.29 is 9.53 Å². The summed E-state index contributed by atoms with van der Waals surface area (Å²) in [6.45, 7) is 4.63. The van der Waals surface area contributed by atoms with Gasteiger partial charge in [0.1, 0.15) is 0 Å². The van der Waals surface area contributed by atoms with E-state index in [1.807, 2.05) is 0 Å². The van der Waals surface area contributed by atoms with Crippen LogP contribution in [0.1, 0.15) is 35.5 Å². The van der Waals surface area contributed by atoms with Crippen molar-refractivity contribution in [3.05, 3.63) is 45.4 Å². The average Bonchev–Trinajstić information content (AvgIpc) is 2.46. The van der Waals surface area contributed by atoms with Crippen molar-refractivity contribution >= 4 is 16.7 Å². The monoisotopic (exact) mass is 286 g/mol. The number of ether oxygens (including phenoxy) is 1. The van der Waals surface area contributed by atoms with Crippen LogP contribution in [0.5, 0.6) is 0 Å². The van der Waals surface area contributed by atoms with Gasteiger partial charge < -0.3 is 15.5 Å². The Hall–Kier alpha value is -2.14. The molecule has 2 aromatic rings. The molecule has 0 radical (unpaired) electrons. The molecule has 5 heteroatoms. The molecule has 2 heterocycles. The molecule has 1 atom stereocenters. The van der Waals surface area contributed by atoms with Gasteiger partial charge in [0.25, 0.3) is 5.56 Å². The summed E-state index contributed by atoms with van der Waals surface area (Å²) in [6, 6.07) is 4.90. The molecule has 0 spiro atoms. The Balaban J connectivity index is 2.20. The number of benzene rings is 1. The van der Waals surface area contributed by atoms with Gasteiger partial charge in [0.2, 0.25) is 5.91 Å². The summed E-state index contributed by atoms with van der Waals surface area (Å²) in [6.07, 6.45) is 0.781. The second-order valence-electron chi connectivity index (χ2n) is 5.83. The number of amides is 1. The minimum atomic E-state index is -0.497. The van der Waals surface area contributed by atoms with Gasteiger partial charge in [-0.25, -0.2) is 0 Å². The molecular formula is C16H18N2O3. The molecule has 1 aromatic heterocycles. The van der Waals surface area contributed by atoms with Crippen LogP contribution in [-0.4, -0.2) is 17.0 Å². The summed E-state index contributed by atoms with van der Waals surface area (Å²) in [5, 5.41) is 1.32. The van der Waals surface area contributed by atoms with E-state index in [-0.39, 0.29) is 11.7 Å². The van der Waals surface area contributed by atoms with Crippen LogP contribution < -0.4 is 11.3 Å². The third-order valence-corrected chi connectivity index (χ3v) is 4.09. The second-order valence-corrected chi connectivity index (χ2v) is 5.83. The first-order chi connectivity index (χ1) is 9.97. The van der Waals surface area contributed by atoms with Crippen LogP contribution in [-0.2, 0) is 17.8 Å². The molecule has 1 aliphatic heterocycles. The van der Waals surface area contributed by atoms with Crippen LogP contribution in [0.3, 0.4) is 0 Å². The molecule has 3 rings (SSSR count). The van der Waals surface area contributed by atoms with Crippen molar-refractivity contribution in [2.24, 2.45) is 11.7 Å². The first-order valence-corrected chi connectivity index (χ1v) is 7.06. The number of H-pyrrole nitrogens is 1. The smallest absolute Gasteiger partial charge is 0.256 e. The number of aromatic amines is 1. The van der Waals surface area contributed by atoms with E-state index in [9.17, 15) is 9.59 Å². The van der Waals surface area contributed by atoms with E-state index >= 15 is 0 Å². The molecule has 110 valence electrons. The van der Waals surface area contributed by atoms with Crippen molar-refractivity contribution in [3.63, 3.8) is 0 Å². The van der Waals surface area contributed by atoms with E-state index < -0.39 is 5.91 Å². The van der Waals surface area contributed by atoms with Crippen molar-refractivity contribution in [2.45, 2.75) is 33.0 Å². The molecule has 0 fully saturated rings. The number of carbonyl (C=O) groups excluding carboxylic acids is 1. The summed E-state index contributed by atoms with van der Waals surface area (Å²) in [7, 11) is 0. The van der Waals surface area contributed by atoms with Gasteiger partial charge in [-0.1, -0.05) is 13.8 Å². The average molecular weight is 286 g/mol. The largest absolute Gasteiger partial charge is 0.373 e. The summed E-state index contributed by atoms with van der Waals surface area (Å²) in [5.74, 6) is -0.114. The van der Waals surface area contributed by atoms with Gasteiger partial charge in [-0.2, -0.15) is 0 Å². The number of carbonyl (C=O) groups is 1. The number of fused-ring (bicyclic) bond motifs is 3. The minimum Gasteiger partial charge on any atom is -0.373 e. The van der Waals surface area contributed by atoms with E-state index in [0.717, 1.165) is 16.6 Å². The van der Waals surface area contributed by atoms with Crippen LogP contribution in [0, 0.1) is 5.92 Å². The maximum absolute atomic E-state index is 12.2. The lowest BCUT2D eigenvalue weighted by Crippen LogP contribution is -2.30. The number of pyridine rings is 1. The zero-order chi connectivity index (χ0) is 15.1. The number of nitrogens with one attached hydrogen (secondary N) is 1. The third-order valence-electron chi connectivity index (χ3n) is 4.09. The molecule has 21 heavy (non-hydrogen) atoms. The Morgan fingerprint density at radius 1 is 1.38 bits per heavy atom. The molecule has 0 saturated carbocycles. The van der Waals surface area contributed by atoms with Gasteiger partial charge in [-0.3, -0.25) is 9.59 Å². The molecule has 0 bridgehead atoms. The number of rotatable bonds is 2. The van der Waals surface area contributed by atoms with Gasteiger partial charge in [0, 0.05) is 28.6 Å². The van der Waals surface area contributed by atoms with E-state index in [2.05, 4.69) is 18.8 Å². The molecule has 1 aliphatic rings. The lowest BCUT2D eigenvalue weighted by molar-refractivity contribution is -0.000825. The van der Waals surface area contributed by atoms with Gasteiger partial charge in [0.15, 0.2) is 0 Å². The van der Waals surface area contributed by atoms with Gasteiger partial charge >= 0.3 is 0 Å². The fraction of sp³-hybridized carbons (Fsp3) is 0.375. The fourth-order valence-electron chi connectivity index (χ4n) is 2.81. The SMILES string of the molecule is CC(C)C1Cc2[nH]c(=O)c3ccc(C(N)=O)cc3c2CO1. The number of hydrogen-bond acceptors (Lipinski definition) is 3. The summed E-state index contributed by atoms with van der Waals surface area (Å²) in [4.78, 5) is 26.5. The van der Waals surface area contributed by atoms with Crippen LogP contribution in [0.4, 0.5) is 0 Å². The van der Waals surface area contributed by atoms with Crippen LogP contribution in [0.15, 0.2) is 23.0 Å². The number of hydrogen-bond donors (Lipinski definition) is 2.